The van der Waals surface area contributed by atoms with Gasteiger partial charge < -0.3 is 20.7 Å². The number of anilines is 1. The first-order valence-electron chi connectivity index (χ1n) is 12.2. The van der Waals surface area contributed by atoms with E-state index < -0.39 is 5.82 Å². The number of carbonyl (C=O) groups is 2. The lowest BCUT2D eigenvalue weighted by atomic mass is 9.90. The molecular formula is C27H31FN4O3S. The van der Waals surface area contributed by atoms with Crippen molar-refractivity contribution in [2.24, 2.45) is 0 Å². The second-order valence-electron chi connectivity index (χ2n) is 9.19. The van der Waals surface area contributed by atoms with Crippen molar-refractivity contribution in [3.63, 3.8) is 0 Å². The largest absolute Gasteiger partial charge is 0.483 e. The van der Waals surface area contributed by atoms with Crippen molar-refractivity contribution >= 4 is 29.0 Å². The minimum Gasteiger partial charge on any atom is -0.483 e. The molecule has 0 saturated heterocycles. The zero-order valence-electron chi connectivity index (χ0n) is 20.4. The van der Waals surface area contributed by atoms with Gasteiger partial charge in [-0.25, -0.2) is 14.2 Å². The van der Waals surface area contributed by atoms with Crippen LogP contribution in [0, 0.1) is 5.82 Å². The molecule has 1 saturated carbocycles. The summed E-state index contributed by atoms with van der Waals surface area (Å²) in [7, 11) is 0. The molecule has 0 bridgehead atoms. The summed E-state index contributed by atoms with van der Waals surface area (Å²) in [6.07, 6.45) is 3.51. The molecular weight excluding hydrogens is 479 g/mol. The van der Waals surface area contributed by atoms with Gasteiger partial charge in [0, 0.05) is 17.1 Å². The highest BCUT2D eigenvalue weighted by Gasteiger charge is 2.28. The summed E-state index contributed by atoms with van der Waals surface area (Å²) in [6.45, 7) is 4.32. The van der Waals surface area contributed by atoms with Crippen LogP contribution in [0.2, 0.25) is 0 Å². The van der Waals surface area contributed by atoms with Crippen LogP contribution in [-0.4, -0.2) is 29.0 Å². The van der Waals surface area contributed by atoms with E-state index >= 15 is 0 Å². The van der Waals surface area contributed by atoms with E-state index in [2.05, 4.69) is 34.8 Å². The summed E-state index contributed by atoms with van der Waals surface area (Å²) in [5.41, 5.74) is 2.21. The van der Waals surface area contributed by atoms with Gasteiger partial charge in [0.15, 0.2) is 11.6 Å². The Morgan fingerprint density at radius 3 is 2.44 bits per heavy atom. The van der Waals surface area contributed by atoms with Crippen molar-refractivity contribution in [3.8, 4) is 5.75 Å². The summed E-state index contributed by atoms with van der Waals surface area (Å²) >= 11 is 1.28. The third kappa shape index (κ3) is 6.81. The maximum atomic E-state index is 13.7. The number of hydrogen-bond acceptors (Lipinski definition) is 5. The minimum atomic E-state index is -0.445. The number of hydrogen-bond donors (Lipinski definition) is 3. The Morgan fingerprint density at radius 1 is 1.06 bits per heavy atom. The number of halogens is 1. The lowest BCUT2D eigenvalue weighted by molar-refractivity contribution is 0.0911. The third-order valence-corrected chi connectivity index (χ3v) is 7.03. The van der Waals surface area contributed by atoms with Crippen molar-refractivity contribution in [2.45, 2.75) is 64.1 Å². The van der Waals surface area contributed by atoms with Gasteiger partial charge in [0.2, 0.25) is 0 Å². The van der Waals surface area contributed by atoms with Crippen LogP contribution < -0.4 is 20.7 Å². The number of rotatable bonds is 8. The summed E-state index contributed by atoms with van der Waals surface area (Å²) in [5, 5.41) is 11.2. The van der Waals surface area contributed by atoms with E-state index in [0.29, 0.717) is 10.9 Å². The average molecular weight is 511 g/mol. The predicted molar refractivity (Wildman–Crippen MR) is 139 cm³/mol. The molecule has 4 rings (SSSR count). The Hall–Kier alpha value is -3.46. The van der Waals surface area contributed by atoms with Crippen molar-refractivity contribution in [1.29, 1.82) is 0 Å². The first-order valence-corrected chi connectivity index (χ1v) is 13.1. The monoisotopic (exact) mass is 510 g/mol. The number of nitrogens with zero attached hydrogens (tertiary/aromatic N) is 1. The number of aromatic nitrogens is 1. The molecule has 0 aliphatic heterocycles. The fraction of sp³-hybridized carbons (Fsp3) is 0.370. The standard InChI is InChI=1S/C27H31FN4O3S/c1-17(2)18-11-13-19(14-12-18)29-27(34)32-22-9-5-4-8-21(22)31-26(33)23-16-36-25(30-23)15-35-24-10-6-3-7-20(24)28/h3,6-7,10-14,16-17,21-22H,4-5,8-9,15H2,1-2H3,(H,31,33)(H2,29,32,34)/t21-,22-/m1/s1. The van der Waals surface area contributed by atoms with Gasteiger partial charge in [-0.15, -0.1) is 11.3 Å². The Balaban J connectivity index is 1.30. The van der Waals surface area contributed by atoms with Gasteiger partial charge in [-0.05, 0) is 48.6 Å². The molecule has 36 heavy (non-hydrogen) atoms. The Labute approximate surface area is 214 Å². The summed E-state index contributed by atoms with van der Waals surface area (Å²) in [5.74, 6) is -0.178. The maximum absolute atomic E-state index is 13.7. The first-order chi connectivity index (χ1) is 17.4. The van der Waals surface area contributed by atoms with E-state index in [1.165, 1.54) is 23.0 Å². The molecule has 1 aromatic heterocycles. The third-order valence-electron chi connectivity index (χ3n) is 6.21. The van der Waals surface area contributed by atoms with Crippen LogP contribution in [0.5, 0.6) is 5.75 Å². The quantitative estimate of drug-likeness (QED) is 0.355. The van der Waals surface area contributed by atoms with Crippen LogP contribution in [0.3, 0.4) is 0 Å². The molecule has 3 N–H and O–H groups in total. The lowest BCUT2D eigenvalue weighted by Gasteiger charge is -2.32. The van der Waals surface area contributed by atoms with Gasteiger partial charge in [-0.1, -0.05) is 51.0 Å². The Morgan fingerprint density at radius 2 is 1.75 bits per heavy atom. The number of thiazole rings is 1. The van der Waals surface area contributed by atoms with Crippen molar-refractivity contribution in [1.82, 2.24) is 15.6 Å². The SMILES string of the molecule is CC(C)c1ccc(NC(=O)N[C@@H]2CCCC[C@H]2NC(=O)c2csc(COc3ccccc3F)n2)cc1. The molecule has 0 radical (unpaired) electrons. The van der Waals surface area contributed by atoms with Crippen LogP contribution in [0.1, 0.15) is 66.5 Å². The molecule has 0 spiro atoms. The number of amides is 3. The minimum absolute atomic E-state index is 0.0742. The summed E-state index contributed by atoms with van der Waals surface area (Å²) in [6, 6.07) is 13.3. The number of carbonyl (C=O) groups excluding carboxylic acids is 2. The Kier molecular flexibility index (Phi) is 8.53. The fourth-order valence-electron chi connectivity index (χ4n) is 4.19. The number of nitrogens with one attached hydrogen (secondary N) is 3. The summed E-state index contributed by atoms with van der Waals surface area (Å²) in [4.78, 5) is 29.8. The second-order valence-corrected chi connectivity index (χ2v) is 10.1. The van der Waals surface area contributed by atoms with Crippen LogP contribution in [0.15, 0.2) is 53.9 Å². The lowest BCUT2D eigenvalue weighted by Crippen LogP contribution is -2.54. The normalized spacial score (nSPS) is 17.4. The Bertz CT molecular complexity index is 1180. The highest BCUT2D eigenvalue weighted by molar-refractivity contribution is 7.09. The van der Waals surface area contributed by atoms with E-state index in [1.54, 1.807) is 23.6 Å². The van der Waals surface area contributed by atoms with Crippen LogP contribution in [0.25, 0.3) is 0 Å². The topological polar surface area (TPSA) is 92.4 Å². The van der Waals surface area contributed by atoms with Crippen molar-refractivity contribution in [2.75, 3.05) is 5.32 Å². The smallest absolute Gasteiger partial charge is 0.319 e. The van der Waals surface area contributed by atoms with Gasteiger partial charge in [0.05, 0.1) is 6.04 Å². The fourth-order valence-corrected chi connectivity index (χ4v) is 4.87. The van der Waals surface area contributed by atoms with E-state index in [-0.39, 0.29) is 42.1 Å². The van der Waals surface area contributed by atoms with E-state index in [0.717, 1.165) is 31.4 Å². The van der Waals surface area contributed by atoms with E-state index in [1.807, 2.05) is 24.3 Å². The molecule has 3 amide bonds. The zero-order chi connectivity index (χ0) is 25.5. The number of urea groups is 1. The molecule has 1 fully saturated rings. The summed E-state index contributed by atoms with van der Waals surface area (Å²) < 4.78 is 19.2. The second kappa shape index (κ2) is 12.0. The van der Waals surface area contributed by atoms with Crippen LogP contribution in [-0.2, 0) is 6.61 Å². The predicted octanol–water partition coefficient (Wildman–Crippen LogP) is 5.85. The molecule has 190 valence electrons. The molecule has 1 aliphatic carbocycles. The molecule has 1 aliphatic rings. The molecule has 9 heteroatoms. The average Bonchev–Trinajstić information content (AvgIpc) is 3.34. The number of benzene rings is 2. The van der Waals surface area contributed by atoms with Gasteiger partial charge in [-0.2, -0.15) is 0 Å². The van der Waals surface area contributed by atoms with E-state index in [9.17, 15) is 14.0 Å². The molecule has 3 aromatic rings. The highest BCUT2D eigenvalue weighted by atomic mass is 32.1. The zero-order valence-corrected chi connectivity index (χ0v) is 21.2. The molecule has 7 nitrogen and oxygen atoms in total. The van der Waals surface area contributed by atoms with E-state index in [4.69, 9.17) is 4.74 Å². The number of para-hydroxylation sites is 1. The van der Waals surface area contributed by atoms with Crippen LogP contribution >= 0.6 is 11.3 Å². The highest BCUT2D eigenvalue weighted by Crippen LogP contribution is 2.22. The first kappa shape index (κ1) is 25.6. The van der Waals surface area contributed by atoms with Gasteiger partial charge in [0.25, 0.3) is 5.91 Å². The van der Waals surface area contributed by atoms with Crippen molar-refractivity contribution < 1.29 is 18.7 Å². The van der Waals surface area contributed by atoms with Crippen LogP contribution in [0.4, 0.5) is 14.9 Å². The van der Waals surface area contributed by atoms with Crippen molar-refractivity contribution in [3.05, 3.63) is 76.0 Å². The molecule has 0 unspecified atom stereocenters. The number of ether oxygens (including phenoxy) is 1. The molecule has 1 heterocycles. The van der Waals surface area contributed by atoms with Gasteiger partial charge in [-0.3, -0.25) is 4.79 Å². The van der Waals surface area contributed by atoms with Gasteiger partial charge >= 0.3 is 6.03 Å². The molecule has 2 aromatic carbocycles. The van der Waals surface area contributed by atoms with Gasteiger partial charge in [0.1, 0.15) is 17.3 Å². The maximum Gasteiger partial charge on any atom is 0.319 e. The molecule has 2 atom stereocenters.